The second kappa shape index (κ2) is 3.85. The molecule has 1 N–H and O–H groups in total. The lowest BCUT2D eigenvalue weighted by atomic mass is 10.1. The molecule has 0 aromatic carbocycles. The number of rotatable bonds is 2. The molecule has 0 saturated heterocycles. The van der Waals surface area contributed by atoms with Crippen molar-refractivity contribution in [2.45, 2.75) is 20.0 Å². The standard InChI is InChI=1S/C11H12OS2/c1-7-5-10(8(2)14-7)11(12)9-3-4-13-6-9/h3-6,11-12H,1-2H3. The maximum absolute atomic E-state index is 10.1. The second-order valence-electron chi connectivity index (χ2n) is 3.33. The fourth-order valence-corrected chi connectivity index (χ4v) is 3.17. The quantitative estimate of drug-likeness (QED) is 0.827. The third-order valence-corrected chi connectivity index (χ3v) is 3.92. The molecular weight excluding hydrogens is 212 g/mol. The van der Waals surface area contributed by atoms with E-state index >= 15 is 0 Å². The molecule has 2 rings (SSSR count). The van der Waals surface area contributed by atoms with Gasteiger partial charge in [-0.25, -0.2) is 0 Å². The molecule has 0 bridgehead atoms. The molecule has 2 heterocycles. The van der Waals surface area contributed by atoms with E-state index < -0.39 is 6.10 Å². The number of hydrogen-bond acceptors (Lipinski definition) is 3. The van der Waals surface area contributed by atoms with Crippen LogP contribution >= 0.6 is 22.7 Å². The molecule has 2 aromatic rings. The van der Waals surface area contributed by atoms with Crippen LogP contribution in [0.15, 0.2) is 22.9 Å². The van der Waals surface area contributed by atoms with Crippen LogP contribution in [0.2, 0.25) is 0 Å². The predicted octanol–water partition coefficient (Wildman–Crippen LogP) is 3.51. The van der Waals surface area contributed by atoms with Gasteiger partial charge in [-0.2, -0.15) is 11.3 Å². The van der Waals surface area contributed by atoms with Gasteiger partial charge in [0.15, 0.2) is 0 Å². The van der Waals surface area contributed by atoms with Crippen LogP contribution in [0.5, 0.6) is 0 Å². The number of thiophene rings is 2. The molecule has 0 radical (unpaired) electrons. The maximum atomic E-state index is 10.1. The Hall–Kier alpha value is -0.640. The summed E-state index contributed by atoms with van der Waals surface area (Å²) in [6.45, 7) is 4.13. The summed E-state index contributed by atoms with van der Waals surface area (Å²) in [5.41, 5.74) is 2.04. The molecule has 0 amide bonds. The van der Waals surface area contributed by atoms with Crippen LogP contribution in [0.1, 0.15) is 27.0 Å². The van der Waals surface area contributed by atoms with Crippen LogP contribution in [0, 0.1) is 13.8 Å². The molecular formula is C11H12OS2. The second-order valence-corrected chi connectivity index (χ2v) is 5.57. The third kappa shape index (κ3) is 1.75. The van der Waals surface area contributed by atoms with Crippen LogP contribution in [0.3, 0.4) is 0 Å². The Morgan fingerprint density at radius 2 is 2.14 bits per heavy atom. The van der Waals surface area contributed by atoms with Gasteiger partial charge in [-0.3, -0.25) is 0 Å². The highest BCUT2D eigenvalue weighted by Crippen LogP contribution is 2.31. The number of hydrogen-bond donors (Lipinski definition) is 1. The van der Waals surface area contributed by atoms with Crippen molar-refractivity contribution in [1.82, 2.24) is 0 Å². The molecule has 2 aromatic heterocycles. The Bertz CT molecular complexity index is 414. The molecule has 1 nitrogen and oxygen atoms in total. The summed E-state index contributed by atoms with van der Waals surface area (Å²) >= 11 is 3.36. The van der Waals surface area contributed by atoms with Gasteiger partial charge < -0.3 is 5.11 Å². The predicted molar refractivity (Wildman–Crippen MR) is 62.2 cm³/mol. The largest absolute Gasteiger partial charge is 0.384 e. The molecule has 0 saturated carbocycles. The van der Waals surface area contributed by atoms with Gasteiger partial charge in [0.25, 0.3) is 0 Å². The van der Waals surface area contributed by atoms with E-state index in [-0.39, 0.29) is 0 Å². The molecule has 0 aliphatic rings. The van der Waals surface area contributed by atoms with Crippen LogP contribution in [-0.4, -0.2) is 5.11 Å². The lowest BCUT2D eigenvalue weighted by molar-refractivity contribution is 0.220. The lowest BCUT2D eigenvalue weighted by Crippen LogP contribution is -1.97. The average molecular weight is 224 g/mol. The van der Waals surface area contributed by atoms with Crippen molar-refractivity contribution in [3.8, 4) is 0 Å². The Labute approximate surface area is 91.7 Å². The van der Waals surface area contributed by atoms with Gasteiger partial charge >= 0.3 is 0 Å². The zero-order valence-corrected chi connectivity index (χ0v) is 9.78. The highest BCUT2D eigenvalue weighted by molar-refractivity contribution is 7.12. The summed E-state index contributed by atoms with van der Waals surface area (Å²) in [6.07, 6.45) is -0.453. The highest BCUT2D eigenvalue weighted by Gasteiger charge is 2.14. The van der Waals surface area contributed by atoms with Gasteiger partial charge in [0.1, 0.15) is 6.10 Å². The maximum Gasteiger partial charge on any atom is 0.106 e. The van der Waals surface area contributed by atoms with E-state index in [0.29, 0.717) is 0 Å². The van der Waals surface area contributed by atoms with Gasteiger partial charge in [-0.1, -0.05) is 0 Å². The molecule has 3 heteroatoms. The van der Waals surface area contributed by atoms with Gasteiger partial charge in [-0.15, -0.1) is 11.3 Å². The summed E-state index contributed by atoms with van der Waals surface area (Å²) in [5.74, 6) is 0. The molecule has 0 aliphatic carbocycles. The molecule has 1 unspecified atom stereocenters. The normalized spacial score (nSPS) is 13.1. The average Bonchev–Trinajstić information content (AvgIpc) is 2.73. The van der Waals surface area contributed by atoms with Crippen molar-refractivity contribution in [3.05, 3.63) is 43.8 Å². The van der Waals surface area contributed by atoms with E-state index in [1.165, 1.54) is 9.75 Å². The highest BCUT2D eigenvalue weighted by atomic mass is 32.1. The van der Waals surface area contributed by atoms with Crippen molar-refractivity contribution < 1.29 is 5.11 Å². The first-order chi connectivity index (χ1) is 6.68. The lowest BCUT2D eigenvalue weighted by Gasteiger charge is -2.07. The van der Waals surface area contributed by atoms with Crippen LogP contribution in [-0.2, 0) is 0 Å². The van der Waals surface area contributed by atoms with E-state index in [4.69, 9.17) is 0 Å². The SMILES string of the molecule is Cc1cc(C(O)c2ccsc2)c(C)s1. The minimum Gasteiger partial charge on any atom is -0.384 e. The van der Waals surface area contributed by atoms with Crippen LogP contribution in [0.25, 0.3) is 0 Å². The van der Waals surface area contributed by atoms with E-state index in [1.807, 2.05) is 16.8 Å². The number of aryl methyl sites for hydroxylation is 2. The molecule has 0 spiro atoms. The Kier molecular flexibility index (Phi) is 2.72. The third-order valence-electron chi connectivity index (χ3n) is 2.23. The molecule has 0 aliphatic heterocycles. The topological polar surface area (TPSA) is 20.2 Å². The van der Waals surface area contributed by atoms with Crippen LogP contribution in [0.4, 0.5) is 0 Å². The fraction of sp³-hybridized carbons (Fsp3) is 0.273. The van der Waals surface area contributed by atoms with Crippen molar-refractivity contribution in [2.24, 2.45) is 0 Å². The monoisotopic (exact) mass is 224 g/mol. The van der Waals surface area contributed by atoms with Gasteiger partial charge in [-0.05, 0) is 47.9 Å². The first-order valence-corrected chi connectivity index (χ1v) is 6.21. The zero-order valence-electron chi connectivity index (χ0n) is 8.15. The van der Waals surface area contributed by atoms with E-state index in [2.05, 4.69) is 19.9 Å². The summed E-state index contributed by atoms with van der Waals surface area (Å²) < 4.78 is 0. The molecule has 0 fully saturated rings. The van der Waals surface area contributed by atoms with E-state index in [9.17, 15) is 5.11 Å². The minimum absolute atomic E-state index is 0.453. The Balaban J connectivity index is 2.36. The van der Waals surface area contributed by atoms with Crippen molar-refractivity contribution in [1.29, 1.82) is 0 Å². The molecule has 14 heavy (non-hydrogen) atoms. The van der Waals surface area contributed by atoms with Gasteiger partial charge in [0, 0.05) is 9.75 Å². The minimum atomic E-state index is -0.453. The zero-order chi connectivity index (χ0) is 10.1. The number of aliphatic hydroxyl groups is 1. The summed E-state index contributed by atoms with van der Waals surface area (Å²) in [5, 5.41) is 14.1. The smallest absolute Gasteiger partial charge is 0.106 e. The number of aliphatic hydroxyl groups excluding tert-OH is 1. The van der Waals surface area contributed by atoms with E-state index in [1.54, 1.807) is 22.7 Å². The van der Waals surface area contributed by atoms with Gasteiger partial charge in [0.05, 0.1) is 0 Å². The van der Waals surface area contributed by atoms with Crippen molar-refractivity contribution in [3.63, 3.8) is 0 Å². The first kappa shape index (κ1) is 9.90. The summed E-state index contributed by atoms with van der Waals surface area (Å²) in [7, 11) is 0. The molecule has 74 valence electrons. The first-order valence-electron chi connectivity index (χ1n) is 4.45. The van der Waals surface area contributed by atoms with Crippen molar-refractivity contribution in [2.75, 3.05) is 0 Å². The van der Waals surface area contributed by atoms with E-state index in [0.717, 1.165) is 11.1 Å². The Morgan fingerprint density at radius 3 is 2.64 bits per heavy atom. The molecule has 1 atom stereocenters. The van der Waals surface area contributed by atoms with Gasteiger partial charge in [0.2, 0.25) is 0 Å². The van der Waals surface area contributed by atoms with Crippen molar-refractivity contribution >= 4 is 22.7 Å². The summed E-state index contributed by atoms with van der Waals surface area (Å²) in [4.78, 5) is 2.47. The fourth-order valence-electron chi connectivity index (χ4n) is 1.53. The summed E-state index contributed by atoms with van der Waals surface area (Å²) in [6, 6.07) is 4.05. The Morgan fingerprint density at radius 1 is 1.36 bits per heavy atom. The van der Waals surface area contributed by atoms with Crippen LogP contribution < -0.4 is 0 Å².